The largest absolute Gasteiger partial charge is 0.386 e. The Kier molecular flexibility index (Phi) is 6.51. The van der Waals surface area contributed by atoms with Crippen LogP contribution in [0, 0.1) is 19.8 Å². The van der Waals surface area contributed by atoms with Crippen LogP contribution < -0.4 is 5.43 Å². The van der Waals surface area contributed by atoms with Gasteiger partial charge in [-0.2, -0.15) is 0 Å². The minimum atomic E-state index is -0.906. The molecule has 2 N–H and O–H groups in total. The summed E-state index contributed by atoms with van der Waals surface area (Å²) in [6.07, 6.45) is 2.75. The van der Waals surface area contributed by atoms with Crippen LogP contribution in [-0.2, 0) is 16.1 Å². The smallest absolute Gasteiger partial charge is 0.249 e. The van der Waals surface area contributed by atoms with Gasteiger partial charge in [-0.3, -0.25) is 14.5 Å². The fraction of sp³-hybridized carbons (Fsp3) is 0.212. The molecule has 6 rings (SSSR count). The van der Waals surface area contributed by atoms with E-state index in [9.17, 15) is 14.7 Å². The summed E-state index contributed by atoms with van der Waals surface area (Å²) in [7, 11) is 0. The molecule has 1 fully saturated rings. The lowest BCUT2D eigenvalue weighted by atomic mass is 9.89. The summed E-state index contributed by atoms with van der Waals surface area (Å²) in [5, 5.41) is 15.4. The SMILES string of the molecule is Cc1ccc(NN2[C@@H]([C@H](O)c3ccccc3C)C=C[C@H]3C(=O)N(Cc4cccc5ccccc45)C(=O)[C@H]32)cc1. The van der Waals surface area contributed by atoms with Crippen LogP contribution in [0.15, 0.2) is 103 Å². The number of hydrogen-bond acceptors (Lipinski definition) is 5. The van der Waals surface area contributed by atoms with Crippen molar-refractivity contribution < 1.29 is 14.7 Å². The number of hydrogen-bond donors (Lipinski definition) is 2. The summed E-state index contributed by atoms with van der Waals surface area (Å²) >= 11 is 0. The number of carbonyl (C=O) groups is 2. The normalized spacial score (nSPS) is 21.8. The first kappa shape index (κ1) is 25.0. The maximum atomic E-state index is 14.0. The van der Waals surface area contributed by atoms with E-state index >= 15 is 0 Å². The Morgan fingerprint density at radius 2 is 1.54 bits per heavy atom. The summed E-state index contributed by atoms with van der Waals surface area (Å²) in [5.74, 6) is -1.15. The molecule has 2 amide bonds. The third-order valence-corrected chi connectivity index (χ3v) is 7.90. The minimum Gasteiger partial charge on any atom is -0.386 e. The number of aryl methyl sites for hydroxylation is 2. The predicted molar refractivity (Wildman–Crippen MR) is 152 cm³/mol. The van der Waals surface area contributed by atoms with Gasteiger partial charge in [0.1, 0.15) is 12.1 Å². The summed E-state index contributed by atoms with van der Waals surface area (Å²) in [6, 6.07) is 28.1. The number of aliphatic hydroxyl groups excluding tert-OH is 1. The van der Waals surface area contributed by atoms with E-state index in [2.05, 4.69) is 5.43 Å². The number of likely N-dealkylation sites (tertiary alicyclic amines) is 1. The molecule has 0 spiro atoms. The van der Waals surface area contributed by atoms with E-state index in [0.717, 1.165) is 38.7 Å². The third kappa shape index (κ3) is 4.52. The van der Waals surface area contributed by atoms with Gasteiger partial charge in [-0.15, -0.1) is 0 Å². The van der Waals surface area contributed by atoms with Gasteiger partial charge in [-0.25, -0.2) is 5.01 Å². The van der Waals surface area contributed by atoms with Gasteiger partial charge in [0.05, 0.1) is 18.5 Å². The van der Waals surface area contributed by atoms with E-state index in [4.69, 9.17) is 0 Å². The number of hydrazine groups is 1. The first-order valence-electron chi connectivity index (χ1n) is 13.3. The van der Waals surface area contributed by atoms with E-state index in [1.165, 1.54) is 4.90 Å². The van der Waals surface area contributed by atoms with Crippen molar-refractivity contribution in [3.8, 4) is 0 Å². The number of fused-ring (bicyclic) bond motifs is 2. The molecule has 6 nitrogen and oxygen atoms in total. The number of nitrogens with zero attached hydrogens (tertiary/aromatic N) is 2. The summed E-state index contributed by atoms with van der Waals surface area (Å²) < 4.78 is 0. The highest BCUT2D eigenvalue weighted by Crippen LogP contribution is 2.37. The average molecular weight is 518 g/mol. The fourth-order valence-corrected chi connectivity index (χ4v) is 5.77. The zero-order chi connectivity index (χ0) is 27.1. The van der Waals surface area contributed by atoms with Gasteiger partial charge in [0, 0.05) is 5.69 Å². The molecule has 4 atom stereocenters. The Morgan fingerprint density at radius 1 is 0.821 bits per heavy atom. The average Bonchev–Trinajstić information content (AvgIpc) is 3.19. The molecule has 2 aliphatic rings. The van der Waals surface area contributed by atoms with Crippen LogP contribution >= 0.6 is 0 Å². The van der Waals surface area contributed by atoms with Gasteiger partial charge in [0.15, 0.2) is 0 Å². The lowest BCUT2D eigenvalue weighted by Crippen LogP contribution is -2.55. The molecule has 0 saturated carbocycles. The van der Waals surface area contributed by atoms with Crippen LogP contribution in [0.3, 0.4) is 0 Å². The Hall–Kier alpha value is -4.26. The Morgan fingerprint density at radius 3 is 2.33 bits per heavy atom. The number of imide groups is 1. The molecule has 196 valence electrons. The van der Waals surface area contributed by atoms with Crippen LogP contribution in [0.4, 0.5) is 5.69 Å². The van der Waals surface area contributed by atoms with Gasteiger partial charge < -0.3 is 10.5 Å². The van der Waals surface area contributed by atoms with Crippen LogP contribution in [-0.4, -0.2) is 38.9 Å². The van der Waals surface area contributed by atoms with Gasteiger partial charge >= 0.3 is 0 Å². The molecule has 0 bridgehead atoms. The van der Waals surface area contributed by atoms with Crippen molar-refractivity contribution in [1.29, 1.82) is 0 Å². The second kappa shape index (κ2) is 10.1. The lowest BCUT2D eigenvalue weighted by molar-refractivity contribution is -0.140. The molecule has 6 heteroatoms. The monoisotopic (exact) mass is 517 g/mol. The Bertz CT molecular complexity index is 1570. The predicted octanol–water partition coefficient (Wildman–Crippen LogP) is 5.31. The van der Waals surface area contributed by atoms with E-state index < -0.39 is 24.1 Å². The van der Waals surface area contributed by atoms with Crippen LogP contribution in [0.25, 0.3) is 10.8 Å². The molecule has 0 radical (unpaired) electrons. The molecule has 0 aromatic heterocycles. The van der Waals surface area contributed by atoms with Crippen LogP contribution in [0.2, 0.25) is 0 Å². The number of rotatable bonds is 6. The first-order chi connectivity index (χ1) is 18.9. The van der Waals surface area contributed by atoms with Crippen molar-refractivity contribution in [3.05, 3.63) is 125 Å². The quantitative estimate of drug-likeness (QED) is 0.268. The molecule has 0 aliphatic carbocycles. The molecule has 2 aliphatic heterocycles. The topological polar surface area (TPSA) is 72.9 Å². The summed E-state index contributed by atoms with van der Waals surface area (Å²) in [5.41, 5.74) is 7.95. The Labute approximate surface area is 228 Å². The van der Waals surface area contributed by atoms with Crippen molar-refractivity contribution in [2.45, 2.75) is 38.6 Å². The van der Waals surface area contributed by atoms with Gasteiger partial charge in [0.25, 0.3) is 0 Å². The van der Waals surface area contributed by atoms with Crippen LogP contribution in [0.5, 0.6) is 0 Å². The van der Waals surface area contributed by atoms with E-state index in [0.29, 0.717) is 0 Å². The molecule has 0 unspecified atom stereocenters. The number of aliphatic hydroxyl groups is 1. The molecule has 2 heterocycles. The number of nitrogens with one attached hydrogen (secondary N) is 1. The zero-order valence-corrected chi connectivity index (χ0v) is 22.0. The number of carbonyl (C=O) groups excluding carboxylic acids is 2. The number of benzene rings is 4. The lowest BCUT2D eigenvalue weighted by Gasteiger charge is -2.41. The zero-order valence-electron chi connectivity index (χ0n) is 22.0. The van der Waals surface area contributed by atoms with Gasteiger partial charge in [-0.05, 0) is 53.4 Å². The number of anilines is 1. The van der Waals surface area contributed by atoms with Gasteiger partial charge in [-0.1, -0.05) is 96.6 Å². The van der Waals surface area contributed by atoms with Crippen molar-refractivity contribution in [1.82, 2.24) is 9.91 Å². The van der Waals surface area contributed by atoms with E-state index in [-0.39, 0.29) is 18.4 Å². The van der Waals surface area contributed by atoms with Crippen molar-refractivity contribution >= 4 is 28.3 Å². The minimum absolute atomic E-state index is 0.198. The molecule has 4 aromatic carbocycles. The summed E-state index contributed by atoms with van der Waals surface area (Å²) in [4.78, 5) is 29.1. The highest BCUT2D eigenvalue weighted by atomic mass is 16.3. The third-order valence-electron chi connectivity index (χ3n) is 7.90. The van der Waals surface area contributed by atoms with E-state index in [1.54, 1.807) is 11.1 Å². The van der Waals surface area contributed by atoms with Crippen molar-refractivity contribution in [2.24, 2.45) is 5.92 Å². The highest BCUT2D eigenvalue weighted by molar-refractivity contribution is 6.08. The van der Waals surface area contributed by atoms with Gasteiger partial charge in [0.2, 0.25) is 11.8 Å². The Balaban J connectivity index is 1.37. The molecule has 4 aromatic rings. The highest BCUT2D eigenvalue weighted by Gasteiger charge is 2.53. The molecular formula is C33H31N3O3. The molecule has 39 heavy (non-hydrogen) atoms. The fourth-order valence-electron chi connectivity index (χ4n) is 5.77. The number of amides is 2. The van der Waals surface area contributed by atoms with Crippen LogP contribution in [0.1, 0.15) is 28.4 Å². The standard InChI is InChI=1S/C33H31N3O3/c1-21-14-16-25(17-15-21)34-36-29(31(37)26-12-5-3-8-22(26)2)19-18-28-30(36)33(39)35(32(28)38)20-24-11-7-10-23-9-4-6-13-27(23)24/h3-19,28-31,34,37H,20H2,1-2H3/t28-,29-,30+,31-/m1/s1. The molecule has 1 saturated heterocycles. The second-order valence-corrected chi connectivity index (χ2v) is 10.4. The molecular weight excluding hydrogens is 486 g/mol. The summed E-state index contributed by atoms with van der Waals surface area (Å²) in [6.45, 7) is 4.17. The maximum absolute atomic E-state index is 14.0. The second-order valence-electron chi connectivity index (χ2n) is 10.4. The first-order valence-corrected chi connectivity index (χ1v) is 13.3. The van der Waals surface area contributed by atoms with Crippen molar-refractivity contribution in [2.75, 3.05) is 5.43 Å². The maximum Gasteiger partial charge on any atom is 0.249 e. The van der Waals surface area contributed by atoms with Crippen molar-refractivity contribution in [3.63, 3.8) is 0 Å². The van der Waals surface area contributed by atoms with E-state index in [1.807, 2.05) is 111 Å².